The number of rotatable bonds is 8. The number of carbonyl (C=O) groups excluding carboxylic acids is 1. The number of ether oxygens (including phenoxy) is 1. The molecule has 1 N–H and O–H groups in total. The number of carbonyl (C=O) groups is 1. The van der Waals surface area contributed by atoms with Crippen LogP contribution in [0.15, 0.2) is 78.0 Å². The molecule has 0 saturated heterocycles. The topological polar surface area (TPSA) is 69.0 Å². The number of hydrogen-bond acceptors (Lipinski definition) is 5. The monoisotopic (exact) mass is 482 g/mol. The van der Waals surface area contributed by atoms with E-state index in [2.05, 4.69) is 15.5 Å². The molecule has 0 atom stereocenters. The predicted octanol–water partition coefficient (Wildman–Crippen LogP) is 5.14. The Balaban J connectivity index is 1.56. The van der Waals surface area contributed by atoms with Crippen LogP contribution in [0.1, 0.15) is 5.56 Å². The molecule has 0 fully saturated rings. The zero-order chi connectivity index (χ0) is 23.2. The molecular weight excluding hydrogens is 463 g/mol. The molecule has 6 nitrogen and oxygen atoms in total. The van der Waals surface area contributed by atoms with Gasteiger partial charge in [-0.15, -0.1) is 10.2 Å². The summed E-state index contributed by atoms with van der Waals surface area (Å²) in [6.07, 6.45) is 0. The van der Waals surface area contributed by atoms with Gasteiger partial charge in [0.2, 0.25) is 5.91 Å². The van der Waals surface area contributed by atoms with Crippen molar-refractivity contribution in [3.05, 3.63) is 89.2 Å². The minimum absolute atomic E-state index is 0.138. The van der Waals surface area contributed by atoms with Gasteiger partial charge in [-0.1, -0.05) is 47.6 Å². The summed E-state index contributed by atoms with van der Waals surface area (Å²) in [4.78, 5) is 12.4. The highest BCUT2D eigenvalue weighted by Crippen LogP contribution is 2.33. The minimum Gasteiger partial charge on any atom is -0.496 e. The summed E-state index contributed by atoms with van der Waals surface area (Å²) in [5, 5.41) is 12.7. The van der Waals surface area contributed by atoms with Crippen molar-refractivity contribution in [2.75, 3.05) is 12.9 Å². The zero-order valence-corrected chi connectivity index (χ0v) is 19.2. The molecular formula is C24H20ClFN4O2S. The molecule has 0 radical (unpaired) electrons. The van der Waals surface area contributed by atoms with E-state index in [0.717, 1.165) is 16.8 Å². The number of nitrogens with one attached hydrogen (secondary N) is 1. The molecule has 0 aliphatic heterocycles. The van der Waals surface area contributed by atoms with Crippen LogP contribution in [0, 0.1) is 5.82 Å². The van der Waals surface area contributed by atoms with E-state index in [4.69, 9.17) is 16.3 Å². The number of hydrogen-bond donors (Lipinski definition) is 1. The molecule has 1 amide bonds. The van der Waals surface area contributed by atoms with Crippen LogP contribution in [0.2, 0.25) is 5.02 Å². The van der Waals surface area contributed by atoms with Crippen LogP contribution in [0.3, 0.4) is 0 Å². The number of amides is 1. The highest BCUT2D eigenvalue weighted by molar-refractivity contribution is 7.99. The molecule has 0 bridgehead atoms. The Morgan fingerprint density at radius 1 is 1.06 bits per heavy atom. The van der Waals surface area contributed by atoms with Crippen molar-refractivity contribution < 1.29 is 13.9 Å². The molecule has 4 aromatic rings. The number of thioether (sulfide) groups is 1. The second kappa shape index (κ2) is 10.5. The lowest BCUT2D eigenvalue weighted by molar-refractivity contribution is -0.118. The van der Waals surface area contributed by atoms with E-state index in [1.54, 1.807) is 31.4 Å². The summed E-state index contributed by atoms with van der Waals surface area (Å²) in [5.74, 6) is 0.901. The van der Waals surface area contributed by atoms with Crippen molar-refractivity contribution in [2.24, 2.45) is 0 Å². The van der Waals surface area contributed by atoms with E-state index in [9.17, 15) is 9.18 Å². The Labute approximate surface area is 199 Å². The van der Waals surface area contributed by atoms with E-state index in [0.29, 0.717) is 28.3 Å². The van der Waals surface area contributed by atoms with Crippen molar-refractivity contribution >= 4 is 29.3 Å². The minimum atomic E-state index is -0.312. The Morgan fingerprint density at radius 2 is 1.79 bits per heavy atom. The fraction of sp³-hybridized carbons (Fsp3) is 0.125. The van der Waals surface area contributed by atoms with Gasteiger partial charge in [0.05, 0.1) is 18.4 Å². The van der Waals surface area contributed by atoms with Gasteiger partial charge in [-0.2, -0.15) is 0 Å². The molecule has 0 aliphatic rings. The molecule has 3 aromatic carbocycles. The Bertz CT molecular complexity index is 1250. The predicted molar refractivity (Wildman–Crippen MR) is 127 cm³/mol. The molecule has 0 aliphatic carbocycles. The molecule has 0 unspecified atom stereocenters. The third-order valence-corrected chi connectivity index (χ3v) is 5.98. The Hall–Kier alpha value is -3.36. The van der Waals surface area contributed by atoms with Crippen LogP contribution in [-0.2, 0) is 11.3 Å². The van der Waals surface area contributed by atoms with E-state index >= 15 is 0 Å². The van der Waals surface area contributed by atoms with Crippen LogP contribution in [0.5, 0.6) is 5.75 Å². The van der Waals surface area contributed by atoms with Crippen LogP contribution in [0.4, 0.5) is 4.39 Å². The van der Waals surface area contributed by atoms with Gasteiger partial charge in [-0.3, -0.25) is 9.36 Å². The van der Waals surface area contributed by atoms with Gasteiger partial charge >= 0.3 is 0 Å². The van der Waals surface area contributed by atoms with E-state index in [1.165, 1.54) is 23.9 Å². The number of aromatic nitrogens is 3. The van der Waals surface area contributed by atoms with Crippen LogP contribution < -0.4 is 10.1 Å². The third kappa shape index (κ3) is 5.53. The quantitative estimate of drug-likeness (QED) is 0.352. The summed E-state index contributed by atoms with van der Waals surface area (Å²) in [5.41, 5.74) is 2.40. The van der Waals surface area contributed by atoms with Gasteiger partial charge < -0.3 is 10.1 Å². The van der Waals surface area contributed by atoms with Crippen molar-refractivity contribution in [3.8, 4) is 22.8 Å². The lowest BCUT2D eigenvalue weighted by Crippen LogP contribution is -2.24. The average molecular weight is 483 g/mol. The zero-order valence-electron chi connectivity index (χ0n) is 17.7. The van der Waals surface area contributed by atoms with Crippen molar-refractivity contribution in [1.29, 1.82) is 0 Å². The summed E-state index contributed by atoms with van der Waals surface area (Å²) in [7, 11) is 1.60. The maximum absolute atomic E-state index is 13.0. The SMILES string of the molecule is COc1ccccc1-c1nnc(SCC(=O)NCc2ccc(F)cc2)n1-c1ccc(Cl)cc1. The first-order valence-electron chi connectivity index (χ1n) is 10.0. The summed E-state index contributed by atoms with van der Waals surface area (Å²) < 4.78 is 20.4. The molecule has 168 valence electrons. The molecule has 0 saturated carbocycles. The highest BCUT2D eigenvalue weighted by Gasteiger charge is 2.19. The summed E-state index contributed by atoms with van der Waals surface area (Å²) in [6.45, 7) is 0.315. The van der Waals surface area contributed by atoms with Crippen molar-refractivity contribution in [3.63, 3.8) is 0 Å². The number of benzene rings is 3. The molecule has 33 heavy (non-hydrogen) atoms. The van der Waals surface area contributed by atoms with Gasteiger partial charge in [-0.05, 0) is 54.1 Å². The lowest BCUT2D eigenvalue weighted by atomic mass is 10.2. The normalized spacial score (nSPS) is 10.8. The maximum Gasteiger partial charge on any atom is 0.230 e. The van der Waals surface area contributed by atoms with E-state index in [1.807, 2.05) is 41.0 Å². The van der Waals surface area contributed by atoms with Gasteiger partial charge in [-0.25, -0.2) is 4.39 Å². The van der Waals surface area contributed by atoms with E-state index in [-0.39, 0.29) is 17.5 Å². The first-order chi connectivity index (χ1) is 16.0. The third-order valence-electron chi connectivity index (χ3n) is 4.80. The second-order valence-electron chi connectivity index (χ2n) is 7.01. The fourth-order valence-electron chi connectivity index (χ4n) is 3.17. The molecule has 4 rings (SSSR count). The van der Waals surface area contributed by atoms with Crippen LogP contribution in [-0.4, -0.2) is 33.5 Å². The Kier molecular flexibility index (Phi) is 7.26. The highest BCUT2D eigenvalue weighted by atomic mass is 35.5. The molecule has 1 heterocycles. The van der Waals surface area contributed by atoms with Crippen molar-refractivity contribution in [2.45, 2.75) is 11.7 Å². The second-order valence-corrected chi connectivity index (χ2v) is 8.39. The molecule has 0 spiro atoms. The lowest BCUT2D eigenvalue weighted by Gasteiger charge is -2.12. The number of para-hydroxylation sites is 1. The summed E-state index contributed by atoms with van der Waals surface area (Å²) in [6, 6.07) is 20.8. The van der Waals surface area contributed by atoms with Crippen LogP contribution >= 0.6 is 23.4 Å². The van der Waals surface area contributed by atoms with Crippen molar-refractivity contribution in [1.82, 2.24) is 20.1 Å². The average Bonchev–Trinajstić information content (AvgIpc) is 3.26. The van der Waals surface area contributed by atoms with Gasteiger partial charge in [0.25, 0.3) is 0 Å². The largest absolute Gasteiger partial charge is 0.496 e. The number of methoxy groups -OCH3 is 1. The first-order valence-corrected chi connectivity index (χ1v) is 11.4. The number of nitrogens with zero attached hydrogens (tertiary/aromatic N) is 3. The fourth-order valence-corrected chi connectivity index (χ4v) is 4.08. The Morgan fingerprint density at radius 3 is 2.52 bits per heavy atom. The van der Waals surface area contributed by atoms with Gasteiger partial charge in [0.1, 0.15) is 11.6 Å². The maximum atomic E-state index is 13.0. The smallest absolute Gasteiger partial charge is 0.230 e. The van der Waals surface area contributed by atoms with Gasteiger partial charge in [0, 0.05) is 17.3 Å². The standard InChI is InChI=1S/C24H20ClFN4O2S/c1-32-21-5-3-2-4-20(21)23-28-29-24(30(23)19-12-8-17(25)9-13-19)33-15-22(31)27-14-16-6-10-18(26)11-7-16/h2-13H,14-15H2,1H3,(H,27,31). The van der Waals surface area contributed by atoms with Gasteiger partial charge in [0.15, 0.2) is 11.0 Å². The van der Waals surface area contributed by atoms with E-state index < -0.39 is 0 Å². The number of halogens is 2. The van der Waals surface area contributed by atoms with Crippen LogP contribution in [0.25, 0.3) is 17.1 Å². The summed E-state index contributed by atoms with van der Waals surface area (Å²) >= 11 is 7.34. The molecule has 9 heteroatoms. The molecule has 1 aromatic heterocycles. The first kappa shape index (κ1) is 22.8.